The largest absolute Gasteiger partial charge is 0.383 e. The van der Waals surface area contributed by atoms with Crippen LogP contribution >= 0.6 is 11.6 Å². The highest BCUT2D eigenvalue weighted by Gasteiger charge is 2.28. The third kappa shape index (κ3) is 4.42. The van der Waals surface area contributed by atoms with Crippen molar-refractivity contribution in [1.29, 1.82) is 0 Å². The zero-order valence-corrected chi connectivity index (χ0v) is 18.0. The number of urea groups is 1. The van der Waals surface area contributed by atoms with Gasteiger partial charge < -0.3 is 19.5 Å². The third-order valence-electron chi connectivity index (χ3n) is 5.58. The molecule has 1 saturated heterocycles. The van der Waals surface area contributed by atoms with E-state index in [0.717, 1.165) is 47.6 Å². The van der Waals surface area contributed by atoms with Crippen LogP contribution in [0.2, 0.25) is 5.02 Å². The van der Waals surface area contributed by atoms with Crippen LogP contribution in [-0.2, 0) is 17.7 Å². The average Bonchev–Trinajstić information content (AvgIpc) is 3.33. The second kappa shape index (κ2) is 9.02. The van der Waals surface area contributed by atoms with Crippen LogP contribution in [0.4, 0.5) is 10.5 Å². The SMILES string of the molecule is COCCn1c(CC2CCN(C(=O)Nc3ccc(Cl)cc3C)C2)nc2cccnc21. The predicted molar refractivity (Wildman–Crippen MR) is 118 cm³/mol. The summed E-state index contributed by atoms with van der Waals surface area (Å²) in [6.07, 6.45) is 3.55. The van der Waals surface area contributed by atoms with Gasteiger partial charge >= 0.3 is 6.03 Å². The van der Waals surface area contributed by atoms with Gasteiger partial charge in [0.15, 0.2) is 5.65 Å². The third-order valence-corrected chi connectivity index (χ3v) is 5.81. The van der Waals surface area contributed by atoms with Crippen LogP contribution in [0.25, 0.3) is 11.2 Å². The van der Waals surface area contributed by atoms with E-state index >= 15 is 0 Å². The molecule has 3 aromatic rings. The van der Waals surface area contributed by atoms with E-state index in [0.29, 0.717) is 30.6 Å². The van der Waals surface area contributed by atoms with Gasteiger partial charge in [0.2, 0.25) is 0 Å². The van der Waals surface area contributed by atoms with Crippen LogP contribution in [0.3, 0.4) is 0 Å². The molecule has 0 aliphatic carbocycles. The average molecular weight is 428 g/mol. The van der Waals surface area contributed by atoms with E-state index in [4.69, 9.17) is 21.3 Å². The number of aromatic nitrogens is 3. The van der Waals surface area contributed by atoms with Crippen molar-refractivity contribution < 1.29 is 9.53 Å². The van der Waals surface area contributed by atoms with Gasteiger partial charge in [-0.3, -0.25) is 0 Å². The maximum Gasteiger partial charge on any atom is 0.321 e. The first kappa shape index (κ1) is 20.6. The summed E-state index contributed by atoms with van der Waals surface area (Å²) in [5.74, 6) is 1.36. The highest BCUT2D eigenvalue weighted by molar-refractivity contribution is 6.30. The second-order valence-corrected chi connectivity index (χ2v) is 8.15. The number of nitrogens with zero attached hydrogens (tertiary/aromatic N) is 4. The molecule has 2 amide bonds. The van der Waals surface area contributed by atoms with Gasteiger partial charge in [-0.2, -0.15) is 0 Å². The molecular weight excluding hydrogens is 402 g/mol. The van der Waals surface area contributed by atoms with Gasteiger partial charge in [0.1, 0.15) is 11.3 Å². The molecule has 30 heavy (non-hydrogen) atoms. The smallest absolute Gasteiger partial charge is 0.321 e. The Labute approximate surface area is 181 Å². The number of nitrogens with one attached hydrogen (secondary N) is 1. The lowest BCUT2D eigenvalue weighted by atomic mass is 10.0. The van der Waals surface area contributed by atoms with Gasteiger partial charge in [0.25, 0.3) is 0 Å². The number of fused-ring (bicyclic) bond motifs is 1. The molecule has 1 N–H and O–H groups in total. The minimum absolute atomic E-state index is 0.0718. The molecule has 158 valence electrons. The van der Waals surface area contributed by atoms with E-state index in [1.54, 1.807) is 19.4 Å². The molecule has 1 fully saturated rings. The summed E-state index contributed by atoms with van der Waals surface area (Å²) in [5.41, 5.74) is 3.52. The minimum atomic E-state index is -0.0718. The molecule has 1 aliphatic rings. The molecule has 1 aliphatic heterocycles. The van der Waals surface area contributed by atoms with Crippen LogP contribution in [0.5, 0.6) is 0 Å². The normalized spacial score (nSPS) is 16.4. The molecular formula is C22H26ClN5O2. The number of pyridine rings is 1. The number of rotatable bonds is 6. The molecule has 4 rings (SSSR count). The number of benzene rings is 1. The number of likely N-dealkylation sites (tertiary alicyclic amines) is 1. The summed E-state index contributed by atoms with van der Waals surface area (Å²) < 4.78 is 7.40. The van der Waals surface area contributed by atoms with E-state index in [2.05, 4.69) is 14.9 Å². The highest BCUT2D eigenvalue weighted by atomic mass is 35.5. The fourth-order valence-electron chi connectivity index (χ4n) is 3.98. The van der Waals surface area contributed by atoms with Gasteiger partial charge in [-0.25, -0.2) is 14.8 Å². The maximum atomic E-state index is 12.7. The number of amides is 2. The monoisotopic (exact) mass is 427 g/mol. The van der Waals surface area contributed by atoms with Crippen molar-refractivity contribution in [2.24, 2.45) is 5.92 Å². The van der Waals surface area contributed by atoms with Crippen LogP contribution in [0, 0.1) is 12.8 Å². The van der Waals surface area contributed by atoms with Crippen molar-refractivity contribution in [3.63, 3.8) is 0 Å². The molecule has 8 heteroatoms. The Bertz CT molecular complexity index is 1050. The van der Waals surface area contributed by atoms with Crippen molar-refractivity contribution in [1.82, 2.24) is 19.4 Å². The predicted octanol–water partition coefficient (Wildman–Crippen LogP) is 4.14. The number of imidazole rings is 1. The number of carbonyl (C=O) groups excluding carboxylic acids is 1. The zero-order chi connectivity index (χ0) is 21.1. The summed E-state index contributed by atoms with van der Waals surface area (Å²) in [6, 6.07) is 9.29. The number of hydrogen-bond acceptors (Lipinski definition) is 4. The van der Waals surface area contributed by atoms with E-state index < -0.39 is 0 Å². The Hall–Kier alpha value is -2.64. The van der Waals surface area contributed by atoms with E-state index in [1.807, 2.05) is 36.1 Å². The fraction of sp³-hybridized carbons (Fsp3) is 0.409. The molecule has 0 saturated carbocycles. The first-order valence-electron chi connectivity index (χ1n) is 10.2. The molecule has 0 radical (unpaired) electrons. The Morgan fingerprint density at radius 2 is 2.23 bits per heavy atom. The lowest BCUT2D eigenvalue weighted by Gasteiger charge is -2.18. The molecule has 1 aromatic carbocycles. The van der Waals surface area contributed by atoms with Crippen LogP contribution in [0.1, 0.15) is 17.8 Å². The van der Waals surface area contributed by atoms with Crippen molar-refractivity contribution in [3.05, 3.63) is 52.9 Å². The summed E-state index contributed by atoms with van der Waals surface area (Å²) in [5, 5.41) is 3.67. The Morgan fingerprint density at radius 1 is 1.37 bits per heavy atom. The first-order valence-corrected chi connectivity index (χ1v) is 10.5. The number of ether oxygens (including phenoxy) is 1. The van der Waals surface area contributed by atoms with E-state index in [-0.39, 0.29) is 6.03 Å². The Kier molecular flexibility index (Phi) is 6.20. The van der Waals surface area contributed by atoms with Crippen LogP contribution < -0.4 is 5.32 Å². The fourth-order valence-corrected chi connectivity index (χ4v) is 4.21. The van der Waals surface area contributed by atoms with Gasteiger partial charge in [-0.05, 0) is 55.2 Å². The number of methoxy groups -OCH3 is 1. The van der Waals surface area contributed by atoms with E-state index in [9.17, 15) is 4.79 Å². The number of carbonyl (C=O) groups is 1. The lowest BCUT2D eigenvalue weighted by molar-refractivity contribution is 0.187. The van der Waals surface area contributed by atoms with Gasteiger partial charge in [-0.15, -0.1) is 0 Å². The second-order valence-electron chi connectivity index (χ2n) is 7.71. The van der Waals surface area contributed by atoms with Gasteiger partial charge in [0.05, 0.1) is 6.61 Å². The van der Waals surface area contributed by atoms with E-state index in [1.165, 1.54) is 0 Å². The molecule has 0 bridgehead atoms. The van der Waals surface area contributed by atoms with Crippen LogP contribution in [0.15, 0.2) is 36.5 Å². The molecule has 1 atom stereocenters. The molecule has 0 spiro atoms. The van der Waals surface area contributed by atoms with Gasteiger partial charge in [-0.1, -0.05) is 11.6 Å². The summed E-state index contributed by atoms with van der Waals surface area (Å²) in [6.45, 7) is 4.70. The number of halogens is 1. The minimum Gasteiger partial charge on any atom is -0.383 e. The number of hydrogen-bond donors (Lipinski definition) is 1. The van der Waals surface area contributed by atoms with Crippen molar-refractivity contribution in [2.45, 2.75) is 26.3 Å². The quantitative estimate of drug-likeness (QED) is 0.641. The molecule has 3 heterocycles. The van der Waals surface area contributed by atoms with Gasteiger partial charge in [0, 0.05) is 50.1 Å². The lowest BCUT2D eigenvalue weighted by Crippen LogP contribution is -2.33. The van der Waals surface area contributed by atoms with Crippen molar-refractivity contribution in [3.8, 4) is 0 Å². The zero-order valence-electron chi connectivity index (χ0n) is 17.3. The summed E-state index contributed by atoms with van der Waals surface area (Å²) >= 11 is 6.01. The molecule has 2 aromatic heterocycles. The topological polar surface area (TPSA) is 72.3 Å². The first-order chi connectivity index (χ1) is 14.5. The van der Waals surface area contributed by atoms with Crippen molar-refractivity contribution >= 4 is 34.5 Å². The summed E-state index contributed by atoms with van der Waals surface area (Å²) in [4.78, 5) is 23.9. The molecule has 1 unspecified atom stereocenters. The number of anilines is 1. The van der Waals surface area contributed by atoms with Crippen LogP contribution in [-0.4, -0.2) is 52.3 Å². The highest BCUT2D eigenvalue weighted by Crippen LogP contribution is 2.25. The Balaban J connectivity index is 1.43. The standard InChI is InChI=1S/C22H26ClN5O2/c1-15-12-17(23)5-6-18(15)26-22(29)27-9-7-16(14-27)13-20-25-19-4-3-8-24-21(19)28(20)10-11-30-2/h3-6,8,12,16H,7,9-11,13-14H2,1-2H3,(H,26,29). The summed E-state index contributed by atoms with van der Waals surface area (Å²) in [7, 11) is 1.70. The number of aryl methyl sites for hydroxylation is 1. The van der Waals surface area contributed by atoms with Crippen molar-refractivity contribution in [2.75, 3.05) is 32.1 Å². The molecule has 7 nitrogen and oxygen atoms in total. The maximum absolute atomic E-state index is 12.7. The Morgan fingerprint density at radius 3 is 3.03 bits per heavy atom.